The molecule has 2 rings (SSSR count). The van der Waals surface area contributed by atoms with E-state index >= 15 is 0 Å². The molecule has 1 aromatic rings. The number of nitrogens with zero attached hydrogens (tertiary/aromatic N) is 1. The number of carboxylic acids is 1. The summed E-state index contributed by atoms with van der Waals surface area (Å²) >= 11 is 0. The Labute approximate surface area is 179 Å². The van der Waals surface area contributed by atoms with Gasteiger partial charge in [0.05, 0.1) is 7.11 Å². The van der Waals surface area contributed by atoms with E-state index in [2.05, 4.69) is 47.0 Å². The third-order valence-electron chi connectivity index (χ3n) is 4.66. The lowest BCUT2D eigenvalue weighted by molar-refractivity contribution is -0.149. The molecule has 0 radical (unpaired) electrons. The maximum Gasteiger partial charge on any atom is 0.316 e. The lowest BCUT2D eigenvalue weighted by Crippen LogP contribution is -2.13. The highest BCUT2D eigenvalue weighted by molar-refractivity contribution is 5.89. The van der Waals surface area contributed by atoms with Crippen LogP contribution in [0.5, 0.6) is 0 Å². The van der Waals surface area contributed by atoms with Crippen molar-refractivity contribution in [1.29, 1.82) is 0 Å². The monoisotopic (exact) mass is 414 g/mol. The van der Waals surface area contributed by atoms with Crippen molar-refractivity contribution in [3.63, 3.8) is 0 Å². The molecule has 1 aromatic heterocycles. The van der Waals surface area contributed by atoms with Gasteiger partial charge in [-0.1, -0.05) is 43.4 Å². The number of esters is 1. The lowest BCUT2D eigenvalue weighted by Gasteiger charge is -2.17. The van der Waals surface area contributed by atoms with E-state index in [1.807, 2.05) is 13.0 Å². The van der Waals surface area contributed by atoms with Crippen LogP contribution in [-0.4, -0.2) is 35.7 Å². The van der Waals surface area contributed by atoms with Gasteiger partial charge in [-0.05, 0) is 62.7 Å². The summed E-state index contributed by atoms with van der Waals surface area (Å²) in [6, 6.07) is 4.45. The van der Waals surface area contributed by atoms with Gasteiger partial charge in [-0.15, -0.1) is 0 Å². The second-order valence-corrected chi connectivity index (χ2v) is 6.98. The number of carbonyl (C=O) groups excluding carboxylic acids is 1. The standard InChI is InChI=1S/C20H28N2.C4H6O4/c1-3-17(4-2)11-8-6-5-7-9-13-19-15-14-18-12-10-16-21-20(18)22-19;1-8-4(7)2-3(5)6/h3-4,8,11,14-15H,1,5-7,9-10,12-13,16H2,2H3,(H,21,22);2H2,1H3,(H,5,6)/b11-8+,17-4+;. The molecule has 0 spiro atoms. The number of anilines is 1. The van der Waals surface area contributed by atoms with Crippen molar-refractivity contribution in [2.75, 3.05) is 19.0 Å². The summed E-state index contributed by atoms with van der Waals surface area (Å²) in [5.41, 5.74) is 3.81. The van der Waals surface area contributed by atoms with Crippen LogP contribution in [0.1, 0.15) is 56.7 Å². The number of fused-ring (bicyclic) bond motifs is 1. The highest BCUT2D eigenvalue weighted by Crippen LogP contribution is 2.20. The summed E-state index contributed by atoms with van der Waals surface area (Å²) in [7, 11) is 1.14. The quantitative estimate of drug-likeness (QED) is 0.246. The van der Waals surface area contributed by atoms with E-state index in [0.717, 1.165) is 32.3 Å². The molecule has 0 saturated heterocycles. The van der Waals surface area contributed by atoms with Crippen molar-refractivity contribution >= 4 is 17.8 Å². The van der Waals surface area contributed by atoms with E-state index in [1.165, 1.54) is 48.9 Å². The molecule has 0 unspecified atom stereocenters. The Bertz CT molecular complexity index is 754. The molecule has 0 fully saturated rings. The molecule has 1 aliphatic rings. The van der Waals surface area contributed by atoms with E-state index in [1.54, 1.807) is 0 Å². The molecule has 2 N–H and O–H groups in total. The number of aryl methyl sites for hydroxylation is 2. The number of allylic oxidation sites excluding steroid dienone is 5. The highest BCUT2D eigenvalue weighted by Gasteiger charge is 2.09. The van der Waals surface area contributed by atoms with Crippen LogP contribution in [0, 0.1) is 0 Å². The van der Waals surface area contributed by atoms with Crippen LogP contribution in [0.25, 0.3) is 0 Å². The third-order valence-corrected chi connectivity index (χ3v) is 4.66. The maximum atomic E-state index is 10.0. The van der Waals surface area contributed by atoms with Crippen LogP contribution in [-0.2, 0) is 27.2 Å². The number of pyridine rings is 1. The Morgan fingerprint density at radius 2 is 2.10 bits per heavy atom. The Balaban J connectivity index is 0.000000479. The van der Waals surface area contributed by atoms with Crippen LogP contribution in [0.3, 0.4) is 0 Å². The predicted octanol–water partition coefficient (Wildman–Crippen LogP) is 4.87. The number of carboxylic acid groups (broad SMARTS) is 1. The van der Waals surface area contributed by atoms with Gasteiger partial charge >= 0.3 is 11.9 Å². The number of methoxy groups -OCH3 is 1. The zero-order valence-electron chi connectivity index (χ0n) is 18.2. The van der Waals surface area contributed by atoms with Crippen molar-refractivity contribution in [3.05, 3.63) is 59.8 Å². The van der Waals surface area contributed by atoms with Crippen LogP contribution in [0.2, 0.25) is 0 Å². The van der Waals surface area contributed by atoms with Crippen LogP contribution in [0.4, 0.5) is 5.82 Å². The summed E-state index contributed by atoms with van der Waals surface area (Å²) in [6.45, 7) is 6.90. The Hall–Kier alpha value is -2.89. The molecule has 0 amide bonds. The summed E-state index contributed by atoms with van der Waals surface area (Å²) in [4.78, 5) is 24.4. The van der Waals surface area contributed by atoms with E-state index in [-0.39, 0.29) is 0 Å². The van der Waals surface area contributed by atoms with Crippen LogP contribution >= 0.6 is 0 Å². The van der Waals surface area contributed by atoms with Crippen molar-refractivity contribution in [2.45, 2.75) is 58.3 Å². The van der Waals surface area contributed by atoms with Crippen molar-refractivity contribution in [1.82, 2.24) is 4.98 Å². The van der Waals surface area contributed by atoms with Crippen LogP contribution < -0.4 is 5.32 Å². The first-order chi connectivity index (χ1) is 14.5. The maximum absolute atomic E-state index is 10.0. The fraction of sp³-hybridized carbons (Fsp3) is 0.458. The van der Waals surface area contributed by atoms with E-state index in [0.29, 0.717) is 0 Å². The van der Waals surface area contributed by atoms with Crippen LogP contribution in [0.15, 0.2) is 48.6 Å². The molecule has 6 heteroatoms. The van der Waals surface area contributed by atoms with Crippen molar-refractivity contribution in [2.24, 2.45) is 0 Å². The Morgan fingerprint density at radius 1 is 1.30 bits per heavy atom. The molecule has 6 nitrogen and oxygen atoms in total. The predicted molar refractivity (Wildman–Crippen MR) is 121 cm³/mol. The molecule has 164 valence electrons. The first-order valence-electron chi connectivity index (χ1n) is 10.5. The summed E-state index contributed by atoms with van der Waals surface area (Å²) in [6.07, 6.45) is 16.2. The number of carbonyl (C=O) groups is 2. The van der Waals surface area contributed by atoms with Gasteiger partial charge in [0.25, 0.3) is 0 Å². The zero-order valence-corrected chi connectivity index (χ0v) is 18.2. The van der Waals surface area contributed by atoms with Gasteiger partial charge in [0.2, 0.25) is 0 Å². The zero-order chi connectivity index (χ0) is 22.2. The Kier molecular flexibility index (Phi) is 12.6. The van der Waals surface area contributed by atoms with Crippen molar-refractivity contribution in [3.8, 4) is 0 Å². The minimum atomic E-state index is -1.17. The number of hydrogen-bond donors (Lipinski definition) is 2. The number of aromatic nitrogens is 1. The molecule has 0 atom stereocenters. The number of aliphatic carboxylic acids is 1. The SMILES string of the molecule is C=CC(/C=C/CCCCCc1ccc2c(n1)NCCC2)=C\C.COC(=O)CC(=O)O. The fourth-order valence-electron chi connectivity index (χ4n) is 2.95. The summed E-state index contributed by atoms with van der Waals surface area (Å²) in [5, 5.41) is 11.3. The van der Waals surface area contributed by atoms with E-state index in [4.69, 9.17) is 10.1 Å². The van der Waals surface area contributed by atoms with Gasteiger partial charge in [-0.3, -0.25) is 9.59 Å². The summed E-state index contributed by atoms with van der Waals surface area (Å²) < 4.78 is 4.04. The molecular weight excluding hydrogens is 380 g/mol. The normalized spacial score (nSPS) is 12.9. The molecule has 0 aliphatic carbocycles. The minimum absolute atomic E-state index is 0.559. The molecule has 0 aromatic carbocycles. The van der Waals surface area contributed by atoms with Crippen molar-refractivity contribution < 1.29 is 19.4 Å². The van der Waals surface area contributed by atoms with E-state index in [9.17, 15) is 9.59 Å². The number of unbranched alkanes of at least 4 members (excludes halogenated alkanes) is 3. The van der Waals surface area contributed by atoms with Gasteiger partial charge in [-0.25, -0.2) is 4.98 Å². The number of ether oxygens (including phenoxy) is 1. The molecule has 0 saturated carbocycles. The molecule has 0 bridgehead atoms. The smallest absolute Gasteiger partial charge is 0.316 e. The van der Waals surface area contributed by atoms with Gasteiger partial charge < -0.3 is 15.2 Å². The van der Waals surface area contributed by atoms with E-state index < -0.39 is 18.4 Å². The number of rotatable bonds is 10. The van der Waals surface area contributed by atoms with Gasteiger partial charge in [-0.2, -0.15) is 0 Å². The number of hydrogen-bond acceptors (Lipinski definition) is 5. The topological polar surface area (TPSA) is 88.5 Å². The molecule has 2 heterocycles. The van der Waals surface area contributed by atoms with Gasteiger partial charge in [0.1, 0.15) is 12.2 Å². The molecular formula is C24H34N2O4. The van der Waals surface area contributed by atoms with Gasteiger partial charge in [0.15, 0.2) is 0 Å². The molecule has 1 aliphatic heterocycles. The lowest BCUT2D eigenvalue weighted by atomic mass is 10.0. The third kappa shape index (κ3) is 10.6. The minimum Gasteiger partial charge on any atom is -0.481 e. The average molecular weight is 415 g/mol. The fourth-order valence-corrected chi connectivity index (χ4v) is 2.95. The first-order valence-corrected chi connectivity index (χ1v) is 10.5. The largest absolute Gasteiger partial charge is 0.481 e. The first kappa shape index (κ1) is 25.1. The number of nitrogens with one attached hydrogen (secondary N) is 1. The summed E-state index contributed by atoms with van der Waals surface area (Å²) in [5.74, 6) is -0.774. The average Bonchev–Trinajstić information content (AvgIpc) is 2.75. The van der Waals surface area contributed by atoms with Gasteiger partial charge in [0, 0.05) is 12.2 Å². The second kappa shape index (κ2) is 15.0. The Morgan fingerprint density at radius 3 is 2.73 bits per heavy atom. The second-order valence-electron chi connectivity index (χ2n) is 6.98. The highest BCUT2D eigenvalue weighted by atomic mass is 16.5. The molecule has 30 heavy (non-hydrogen) atoms.